The normalized spacial score (nSPS) is 22.5. The van der Waals surface area contributed by atoms with Crippen molar-refractivity contribution in [1.82, 2.24) is 5.32 Å². The molecule has 1 fully saturated rings. The predicted molar refractivity (Wildman–Crippen MR) is 73.2 cm³/mol. The number of rotatable bonds is 5. The molecule has 0 radical (unpaired) electrons. The molecule has 114 valence electrons. The molecule has 1 aliphatic rings. The Morgan fingerprint density at radius 2 is 2.05 bits per heavy atom. The van der Waals surface area contributed by atoms with Crippen molar-refractivity contribution in [2.75, 3.05) is 7.11 Å². The van der Waals surface area contributed by atoms with Gasteiger partial charge in [0.15, 0.2) is 11.6 Å². The van der Waals surface area contributed by atoms with E-state index in [0.29, 0.717) is 5.56 Å². The number of carboxylic acids is 1. The number of carbonyl (C=O) groups excluding carboxylic acids is 1. The number of carboxylic acid groups (broad SMARTS) is 1. The summed E-state index contributed by atoms with van der Waals surface area (Å²) in [5.74, 6) is -2.85. The van der Waals surface area contributed by atoms with E-state index in [9.17, 15) is 14.0 Å². The summed E-state index contributed by atoms with van der Waals surface area (Å²) >= 11 is 0. The lowest BCUT2D eigenvalue weighted by molar-refractivity contribution is -0.140. The van der Waals surface area contributed by atoms with Gasteiger partial charge in [-0.05, 0) is 23.1 Å². The Kier molecular flexibility index (Phi) is 3.89. The van der Waals surface area contributed by atoms with Crippen molar-refractivity contribution in [1.29, 1.82) is 0 Å². The topological polar surface area (TPSA) is 75.6 Å². The molecule has 0 aliphatic heterocycles. The molecule has 1 aliphatic carbocycles. The second-order valence-electron chi connectivity index (χ2n) is 5.80. The van der Waals surface area contributed by atoms with Crippen LogP contribution in [0.5, 0.6) is 5.75 Å². The van der Waals surface area contributed by atoms with Gasteiger partial charge < -0.3 is 15.2 Å². The maximum absolute atomic E-state index is 13.5. The van der Waals surface area contributed by atoms with Crippen LogP contribution in [0.2, 0.25) is 0 Å². The molecule has 1 aromatic rings. The summed E-state index contributed by atoms with van der Waals surface area (Å²) in [5.41, 5.74) is 0.0492. The summed E-state index contributed by atoms with van der Waals surface area (Å²) in [6.45, 7) is 3.66. The van der Waals surface area contributed by atoms with Gasteiger partial charge in [0.1, 0.15) is 0 Å². The summed E-state index contributed by atoms with van der Waals surface area (Å²) in [6.07, 6.45) is 0. The number of ether oxygens (including phenoxy) is 1. The van der Waals surface area contributed by atoms with Crippen molar-refractivity contribution in [3.05, 3.63) is 29.6 Å². The Morgan fingerprint density at radius 1 is 1.38 bits per heavy atom. The molecular weight excluding hydrogens is 277 g/mol. The average molecular weight is 295 g/mol. The summed E-state index contributed by atoms with van der Waals surface area (Å²) in [6, 6.07) is 4.42. The SMILES string of the molecule is COc1ccc(CNC(=O)[C@@H]2[C@H](C(=O)O)C2(C)C)cc1F. The van der Waals surface area contributed by atoms with Crippen molar-refractivity contribution in [3.63, 3.8) is 0 Å². The van der Waals surface area contributed by atoms with E-state index < -0.39 is 29.0 Å². The van der Waals surface area contributed by atoms with E-state index in [1.54, 1.807) is 19.9 Å². The molecule has 0 aromatic heterocycles. The molecule has 0 bridgehead atoms. The highest BCUT2D eigenvalue weighted by Gasteiger charge is 2.65. The van der Waals surface area contributed by atoms with Gasteiger partial charge in [-0.2, -0.15) is 0 Å². The first-order valence-corrected chi connectivity index (χ1v) is 6.62. The largest absolute Gasteiger partial charge is 0.494 e. The van der Waals surface area contributed by atoms with Crippen molar-refractivity contribution in [2.24, 2.45) is 17.3 Å². The van der Waals surface area contributed by atoms with E-state index in [1.165, 1.54) is 19.2 Å². The van der Waals surface area contributed by atoms with Gasteiger partial charge in [0, 0.05) is 6.54 Å². The monoisotopic (exact) mass is 295 g/mol. The van der Waals surface area contributed by atoms with E-state index in [2.05, 4.69) is 5.32 Å². The van der Waals surface area contributed by atoms with Crippen LogP contribution < -0.4 is 10.1 Å². The maximum atomic E-state index is 13.5. The van der Waals surface area contributed by atoms with Gasteiger partial charge in [-0.3, -0.25) is 9.59 Å². The van der Waals surface area contributed by atoms with Gasteiger partial charge >= 0.3 is 5.97 Å². The van der Waals surface area contributed by atoms with Gasteiger partial charge in [-0.25, -0.2) is 4.39 Å². The number of carbonyl (C=O) groups is 2. The first-order valence-electron chi connectivity index (χ1n) is 6.62. The minimum absolute atomic E-state index is 0.138. The van der Waals surface area contributed by atoms with E-state index in [-0.39, 0.29) is 18.2 Å². The molecule has 5 nitrogen and oxygen atoms in total. The third kappa shape index (κ3) is 2.84. The van der Waals surface area contributed by atoms with Crippen LogP contribution in [0.25, 0.3) is 0 Å². The Hall–Kier alpha value is -2.11. The lowest BCUT2D eigenvalue weighted by Gasteiger charge is -2.08. The van der Waals surface area contributed by atoms with Gasteiger partial charge in [0.2, 0.25) is 5.91 Å². The van der Waals surface area contributed by atoms with Crippen LogP contribution in [0.1, 0.15) is 19.4 Å². The van der Waals surface area contributed by atoms with Crippen LogP contribution in [0.3, 0.4) is 0 Å². The van der Waals surface area contributed by atoms with Crippen molar-refractivity contribution >= 4 is 11.9 Å². The molecule has 2 N–H and O–H groups in total. The highest BCUT2D eigenvalue weighted by atomic mass is 19.1. The fourth-order valence-corrected chi connectivity index (χ4v) is 2.71. The number of halogens is 1. The van der Waals surface area contributed by atoms with Crippen LogP contribution in [0.15, 0.2) is 18.2 Å². The zero-order valence-corrected chi connectivity index (χ0v) is 12.1. The number of hydrogen-bond donors (Lipinski definition) is 2. The highest BCUT2D eigenvalue weighted by Crippen LogP contribution is 2.58. The quantitative estimate of drug-likeness (QED) is 0.868. The Balaban J connectivity index is 1.96. The number of amides is 1. The van der Waals surface area contributed by atoms with E-state index in [0.717, 1.165) is 0 Å². The predicted octanol–water partition coefficient (Wildman–Crippen LogP) is 1.81. The molecule has 0 spiro atoms. The maximum Gasteiger partial charge on any atom is 0.307 e. The molecule has 0 unspecified atom stereocenters. The summed E-state index contributed by atoms with van der Waals surface area (Å²) < 4.78 is 18.3. The molecule has 21 heavy (non-hydrogen) atoms. The number of aliphatic carboxylic acids is 1. The zero-order valence-electron chi connectivity index (χ0n) is 12.1. The van der Waals surface area contributed by atoms with Crippen LogP contribution in [-0.2, 0) is 16.1 Å². The van der Waals surface area contributed by atoms with Gasteiger partial charge in [-0.1, -0.05) is 19.9 Å². The van der Waals surface area contributed by atoms with E-state index in [4.69, 9.17) is 9.84 Å². The molecule has 1 saturated carbocycles. The van der Waals surface area contributed by atoms with Crippen molar-refractivity contribution < 1.29 is 23.8 Å². The van der Waals surface area contributed by atoms with Crippen molar-refractivity contribution in [3.8, 4) is 5.75 Å². The van der Waals surface area contributed by atoms with Gasteiger partial charge in [0.05, 0.1) is 18.9 Å². The standard InChI is InChI=1S/C15H18FNO4/c1-15(2)11(12(15)14(19)20)13(18)17-7-8-4-5-10(21-3)9(16)6-8/h4-6,11-12H,7H2,1-3H3,(H,17,18)(H,19,20)/t11-,12+/m0/s1. The summed E-state index contributed by atoms with van der Waals surface area (Å²) in [5, 5.41) is 11.7. The second-order valence-corrected chi connectivity index (χ2v) is 5.80. The van der Waals surface area contributed by atoms with Gasteiger partial charge in [-0.15, -0.1) is 0 Å². The van der Waals surface area contributed by atoms with Crippen LogP contribution >= 0.6 is 0 Å². The molecular formula is C15H18FNO4. The summed E-state index contributed by atoms with van der Waals surface area (Å²) in [4.78, 5) is 23.1. The molecule has 6 heteroatoms. The first kappa shape index (κ1) is 15.3. The summed E-state index contributed by atoms with van der Waals surface area (Å²) in [7, 11) is 1.38. The first-order chi connectivity index (χ1) is 9.78. The molecule has 1 aromatic carbocycles. The van der Waals surface area contributed by atoms with Crippen molar-refractivity contribution in [2.45, 2.75) is 20.4 Å². The number of nitrogens with one attached hydrogen (secondary N) is 1. The number of benzene rings is 1. The minimum atomic E-state index is -0.962. The van der Waals surface area contributed by atoms with Crippen LogP contribution in [0.4, 0.5) is 4.39 Å². The van der Waals surface area contributed by atoms with Crippen LogP contribution in [-0.4, -0.2) is 24.1 Å². The molecule has 2 atom stereocenters. The van der Waals surface area contributed by atoms with E-state index >= 15 is 0 Å². The molecule has 2 rings (SSSR count). The third-order valence-electron chi connectivity index (χ3n) is 4.06. The lowest BCUT2D eigenvalue weighted by Crippen LogP contribution is -2.26. The second kappa shape index (κ2) is 5.35. The lowest BCUT2D eigenvalue weighted by atomic mass is 10.1. The Bertz CT molecular complexity index is 585. The molecule has 1 amide bonds. The minimum Gasteiger partial charge on any atom is -0.494 e. The zero-order chi connectivity index (χ0) is 15.8. The number of methoxy groups -OCH3 is 1. The van der Waals surface area contributed by atoms with E-state index in [1.807, 2.05) is 0 Å². The fraction of sp³-hybridized carbons (Fsp3) is 0.467. The smallest absolute Gasteiger partial charge is 0.307 e. The fourth-order valence-electron chi connectivity index (χ4n) is 2.71. The van der Waals surface area contributed by atoms with Gasteiger partial charge in [0.25, 0.3) is 0 Å². The molecule has 0 saturated heterocycles. The average Bonchev–Trinajstić information content (AvgIpc) is 2.99. The third-order valence-corrected chi connectivity index (χ3v) is 4.06. The number of hydrogen-bond acceptors (Lipinski definition) is 3. The Morgan fingerprint density at radius 3 is 2.52 bits per heavy atom. The Labute approximate surface area is 122 Å². The molecule has 0 heterocycles. The van der Waals surface area contributed by atoms with Crippen LogP contribution in [0, 0.1) is 23.1 Å². The highest BCUT2D eigenvalue weighted by molar-refractivity contribution is 5.91.